The molecule has 4 aromatic carbocycles. The first kappa shape index (κ1) is 32.4. The molecule has 0 saturated heterocycles. The number of rotatable bonds is 13. The number of amides is 2. The van der Waals surface area contributed by atoms with Crippen LogP contribution in [0.2, 0.25) is 5.02 Å². The summed E-state index contributed by atoms with van der Waals surface area (Å²) in [5, 5.41) is 2.97. The quantitative estimate of drug-likeness (QED) is 0.223. The summed E-state index contributed by atoms with van der Waals surface area (Å²) in [7, 11) is 0.255. The van der Waals surface area contributed by atoms with E-state index in [2.05, 4.69) is 5.32 Å². The van der Waals surface area contributed by atoms with Crippen LogP contribution in [-0.2, 0) is 32.6 Å². The molecule has 0 spiro atoms. The van der Waals surface area contributed by atoms with Gasteiger partial charge in [0.05, 0.1) is 24.8 Å². The van der Waals surface area contributed by atoms with E-state index >= 15 is 0 Å². The zero-order valence-corrected chi connectivity index (χ0v) is 26.2. The molecule has 1 atom stereocenters. The average molecular weight is 636 g/mol. The molecule has 1 N–H and O–H groups in total. The van der Waals surface area contributed by atoms with E-state index in [1.807, 2.05) is 36.4 Å². The molecule has 11 heteroatoms. The molecule has 0 unspecified atom stereocenters. The summed E-state index contributed by atoms with van der Waals surface area (Å²) in [5.74, 6) is 0.0806. The Kier molecular flexibility index (Phi) is 10.9. The summed E-state index contributed by atoms with van der Waals surface area (Å²) in [6.07, 6.45) is 0.207. The SMILES string of the molecule is CNC(=O)[C@H](Cc1ccccc1)N(Cc1cccc(OC)c1)C(=O)CN(c1cccc(Cl)c1)S(=O)(=O)c1ccc(OC)cc1. The summed E-state index contributed by atoms with van der Waals surface area (Å²) < 4.78 is 39.7. The number of ether oxygens (including phenoxy) is 2. The second-order valence-electron chi connectivity index (χ2n) is 9.86. The maximum Gasteiger partial charge on any atom is 0.264 e. The monoisotopic (exact) mass is 635 g/mol. The van der Waals surface area contributed by atoms with E-state index in [1.165, 1.54) is 56.5 Å². The number of nitrogens with one attached hydrogen (secondary N) is 1. The minimum atomic E-state index is -4.27. The van der Waals surface area contributed by atoms with Gasteiger partial charge in [-0.1, -0.05) is 60.1 Å². The van der Waals surface area contributed by atoms with Crippen molar-refractivity contribution in [2.45, 2.75) is 23.9 Å². The molecule has 4 aromatic rings. The highest BCUT2D eigenvalue weighted by molar-refractivity contribution is 7.92. The van der Waals surface area contributed by atoms with Crippen LogP contribution >= 0.6 is 11.6 Å². The number of nitrogens with zero attached hydrogens (tertiary/aromatic N) is 2. The van der Waals surface area contributed by atoms with Gasteiger partial charge in [0.2, 0.25) is 11.8 Å². The van der Waals surface area contributed by atoms with Crippen molar-refractivity contribution in [2.24, 2.45) is 0 Å². The number of anilines is 1. The Morgan fingerprint density at radius 3 is 2.11 bits per heavy atom. The number of halogens is 1. The predicted octanol–water partition coefficient (Wildman–Crippen LogP) is 4.94. The Bertz CT molecular complexity index is 1680. The van der Waals surface area contributed by atoms with Crippen LogP contribution in [0.25, 0.3) is 0 Å². The lowest BCUT2D eigenvalue weighted by atomic mass is 10.0. The van der Waals surface area contributed by atoms with E-state index in [1.54, 1.807) is 36.4 Å². The van der Waals surface area contributed by atoms with Crippen LogP contribution in [0.3, 0.4) is 0 Å². The number of methoxy groups -OCH3 is 2. The lowest BCUT2D eigenvalue weighted by Crippen LogP contribution is -2.53. The number of likely N-dealkylation sites (N-methyl/N-ethyl adjacent to an activating group) is 1. The molecule has 0 aliphatic carbocycles. The summed E-state index contributed by atoms with van der Waals surface area (Å²) in [4.78, 5) is 29.1. The van der Waals surface area contributed by atoms with Crippen molar-refractivity contribution in [1.29, 1.82) is 0 Å². The first-order valence-electron chi connectivity index (χ1n) is 13.8. The summed E-state index contributed by atoms with van der Waals surface area (Å²) in [6, 6.07) is 27.6. The highest BCUT2D eigenvalue weighted by Crippen LogP contribution is 2.28. The number of carbonyl (C=O) groups is 2. The lowest BCUT2D eigenvalue weighted by Gasteiger charge is -2.33. The Morgan fingerprint density at radius 1 is 0.818 bits per heavy atom. The largest absolute Gasteiger partial charge is 0.497 e. The smallest absolute Gasteiger partial charge is 0.264 e. The maximum atomic E-state index is 14.4. The van der Waals surface area contributed by atoms with Crippen LogP contribution < -0.4 is 19.1 Å². The van der Waals surface area contributed by atoms with Gasteiger partial charge in [-0.05, 0) is 65.7 Å². The Labute approximate surface area is 263 Å². The summed E-state index contributed by atoms with van der Waals surface area (Å²) in [6.45, 7) is -0.576. The Morgan fingerprint density at radius 2 is 1.48 bits per heavy atom. The van der Waals surface area contributed by atoms with Gasteiger partial charge in [0, 0.05) is 25.0 Å². The lowest BCUT2D eigenvalue weighted by molar-refractivity contribution is -0.139. The molecule has 9 nitrogen and oxygen atoms in total. The molecular weight excluding hydrogens is 602 g/mol. The van der Waals surface area contributed by atoms with Gasteiger partial charge < -0.3 is 19.7 Å². The predicted molar refractivity (Wildman–Crippen MR) is 171 cm³/mol. The summed E-state index contributed by atoms with van der Waals surface area (Å²) in [5.41, 5.74) is 1.73. The van der Waals surface area contributed by atoms with Crippen molar-refractivity contribution >= 4 is 39.1 Å². The van der Waals surface area contributed by atoms with Gasteiger partial charge in [0.25, 0.3) is 10.0 Å². The fourth-order valence-electron chi connectivity index (χ4n) is 4.72. The molecule has 230 valence electrons. The summed E-state index contributed by atoms with van der Waals surface area (Å²) >= 11 is 6.26. The second kappa shape index (κ2) is 14.8. The van der Waals surface area contributed by atoms with Crippen molar-refractivity contribution in [3.63, 3.8) is 0 Å². The fraction of sp³-hybridized carbons (Fsp3) is 0.212. The van der Waals surface area contributed by atoms with Gasteiger partial charge in [-0.3, -0.25) is 13.9 Å². The topological polar surface area (TPSA) is 105 Å². The van der Waals surface area contributed by atoms with Crippen molar-refractivity contribution < 1.29 is 27.5 Å². The van der Waals surface area contributed by atoms with Gasteiger partial charge in [0.15, 0.2) is 0 Å². The van der Waals surface area contributed by atoms with Crippen LogP contribution in [0.15, 0.2) is 108 Å². The highest BCUT2D eigenvalue weighted by Gasteiger charge is 2.34. The van der Waals surface area contributed by atoms with E-state index in [-0.39, 0.29) is 23.5 Å². The third-order valence-corrected chi connectivity index (χ3v) is 9.05. The molecule has 0 heterocycles. The van der Waals surface area contributed by atoms with Gasteiger partial charge in [-0.15, -0.1) is 0 Å². The standard InChI is InChI=1S/C33H34ClN3O6S/c1-35-33(39)31(20-24-9-5-4-6-10-24)36(22-25-11-7-14-29(19-25)43-3)32(38)23-37(27-13-8-12-26(34)21-27)44(40,41)30-17-15-28(42-2)16-18-30/h4-19,21,31H,20,22-23H2,1-3H3,(H,35,39)/t31-/m0/s1. The van der Waals surface area contributed by atoms with E-state index < -0.39 is 34.4 Å². The van der Waals surface area contributed by atoms with E-state index in [9.17, 15) is 18.0 Å². The normalized spacial score (nSPS) is 11.7. The number of benzene rings is 4. The number of hydrogen-bond donors (Lipinski definition) is 1. The van der Waals surface area contributed by atoms with Gasteiger partial charge in [-0.25, -0.2) is 8.42 Å². The van der Waals surface area contributed by atoms with E-state index in [0.717, 1.165) is 9.87 Å². The Hall–Kier alpha value is -4.54. The molecule has 0 radical (unpaired) electrons. The molecule has 0 fully saturated rings. The van der Waals surface area contributed by atoms with Crippen LogP contribution in [-0.4, -0.2) is 59.0 Å². The third-order valence-electron chi connectivity index (χ3n) is 7.03. The van der Waals surface area contributed by atoms with Crippen LogP contribution in [0, 0.1) is 0 Å². The molecule has 44 heavy (non-hydrogen) atoms. The second-order valence-corrected chi connectivity index (χ2v) is 12.2. The molecule has 0 aliphatic rings. The van der Waals surface area contributed by atoms with Gasteiger partial charge >= 0.3 is 0 Å². The molecular formula is C33H34ClN3O6S. The van der Waals surface area contributed by atoms with Crippen molar-refractivity contribution in [2.75, 3.05) is 32.1 Å². The zero-order valence-electron chi connectivity index (χ0n) is 24.6. The van der Waals surface area contributed by atoms with Gasteiger partial charge in [-0.2, -0.15) is 0 Å². The number of carbonyl (C=O) groups excluding carboxylic acids is 2. The Balaban J connectivity index is 1.79. The highest BCUT2D eigenvalue weighted by atomic mass is 35.5. The molecule has 0 aromatic heterocycles. The fourth-order valence-corrected chi connectivity index (χ4v) is 6.31. The molecule has 4 rings (SSSR count). The molecule has 2 amide bonds. The molecule has 0 aliphatic heterocycles. The maximum absolute atomic E-state index is 14.4. The van der Waals surface area contributed by atoms with Crippen molar-refractivity contribution in [3.05, 3.63) is 119 Å². The van der Waals surface area contributed by atoms with Crippen molar-refractivity contribution in [1.82, 2.24) is 10.2 Å². The minimum absolute atomic E-state index is 0.0208. The van der Waals surface area contributed by atoms with Crippen molar-refractivity contribution in [3.8, 4) is 11.5 Å². The zero-order chi connectivity index (χ0) is 31.7. The van der Waals surface area contributed by atoms with Crippen LogP contribution in [0.1, 0.15) is 11.1 Å². The van der Waals surface area contributed by atoms with E-state index in [4.69, 9.17) is 21.1 Å². The number of sulfonamides is 1. The third kappa shape index (κ3) is 7.89. The van der Waals surface area contributed by atoms with Crippen LogP contribution in [0.4, 0.5) is 5.69 Å². The minimum Gasteiger partial charge on any atom is -0.497 e. The first-order chi connectivity index (χ1) is 21.2. The molecule has 0 bridgehead atoms. The number of hydrogen-bond acceptors (Lipinski definition) is 6. The first-order valence-corrected chi connectivity index (χ1v) is 15.6. The van der Waals surface area contributed by atoms with Crippen LogP contribution in [0.5, 0.6) is 11.5 Å². The van der Waals surface area contributed by atoms with E-state index in [0.29, 0.717) is 22.1 Å². The van der Waals surface area contributed by atoms with Gasteiger partial charge in [0.1, 0.15) is 24.1 Å². The molecule has 0 saturated carbocycles. The average Bonchev–Trinajstić information content (AvgIpc) is 3.05.